The van der Waals surface area contributed by atoms with Crippen LogP contribution in [-0.4, -0.2) is 47.6 Å². The van der Waals surface area contributed by atoms with Gasteiger partial charge in [0, 0.05) is 6.54 Å². The minimum absolute atomic E-state index is 0. The van der Waals surface area contributed by atoms with Crippen LogP contribution < -0.4 is 11.5 Å². The fraction of sp³-hybridized carbons (Fsp3) is 0.455. The Balaban J connectivity index is 0. The van der Waals surface area contributed by atoms with Crippen LogP contribution in [0.25, 0.3) is 0 Å². The molecule has 0 aliphatic rings. The predicted octanol–water partition coefficient (Wildman–Crippen LogP) is -0.0107. The third kappa shape index (κ3) is 7.23. The van der Waals surface area contributed by atoms with E-state index in [1.807, 2.05) is 0 Å². The summed E-state index contributed by atoms with van der Waals surface area (Å²) in [5.41, 5.74) is 12.2. The number of carboxylic acid groups (broad SMARTS) is 1. The summed E-state index contributed by atoms with van der Waals surface area (Å²) >= 11 is 0. The summed E-state index contributed by atoms with van der Waals surface area (Å²) in [4.78, 5) is 14.8. The number of nitrogens with two attached hydrogens (primary N) is 2. The zero-order valence-corrected chi connectivity index (χ0v) is 14.5. The van der Waals surface area contributed by atoms with Gasteiger partial charge in [0.25, 0.3) is 0 Å². The Morgan fingerprint density at radius 1 is 1.41 bits per heavy atom. The first kappa shape index (κ1) is 23.1. The lowest BCUT2D eigenvalue weighted by Gasteiger charge is -2.21. The Bertz CT molecular complexity index is 592. The van der Waals surface area contributed by atoms with Gasteiger partial charge < -0.3 is 16.6 Å². The van der Waals surface area contributed by atoms with Gasteiger partial charge in [0.1, 0.15) is 11.9 Å². The number of carbonyl (C=O) groups is 1. The van der Waals surface area contributed by atoms with Crippen molar-refractivity contribution in [1.29, 1.82) is 0 Å². The molecule has 0 saturated carbocycles. The van der Waals surface area contributed by atoms with Gasteiger partial charge in [-0.15, -0.1) is 24.8 Å². The molecule has 128 valence electrons. The second-order valence-corrected chi connectivity index (χ2v) is 6.54. The smallest absolute Gasteiger partial charge is 0.321 e. The number of aliphatic carboxylic acids is 1. The summed E-state index contributed by atoms with van der Waals surface area (Å²) < 4.78 is 24.3. The molecule has 0 fully saturated rings. The predicted molar refractivity (Wildman–Crippen MR) is 88.7 cm³/mol. The maximum atomic E-state index is 11.7. The van der Waals surface area contributed by atoms with Crippen LogP contribution in [0, 0.1) is 6.92 Å². The van der Waals surface area contributed by atoms with E-state index in [1.165, 1.54) is 0 Å². The van der Waals surface area contributed by atoms with E-state index in [0.717, 1.165) is 16.1 Å². The minimum Gasteiger partial charge on any atom is -0.480 e. The Hall–Kier alpha value is -1.13. The monoisotopic (exact) mass is 374 g/mol. The van der Waals surface area contributed by atoms with E-state index in [9.17, 15) is 13.2 Å². The van der Waals surface area contributed by atoms with Gasteiger partial charge in [-0.1, -0.05) is 0 Å². The number of halogens is 2. The van der Waals surface area contributed by atoms with Crippen molar-refractivity contribution in [3.8, 4) is 0 Å². The van der Waals surface area contributed by atoms with Crippen LogP contribution in [0.2, 0.25) is 0 Å². The van der Waals surface area contributed by atoms with E-state index in [0.29, 0.717) is 5.69 Å². The van der Waals surface area contributed by atoms with Gasteiger partial charge in [-0.05, 0) is 24.6 Å². The third-order valence-electron chi connectivity index (χ3n) is 2.57. The zero-order valence-electron chi connectivity index (χ0n) is 12.1. The molecule has 1 atom stereocenters. The number of hydrogen-bond acceptors (Lipinski definition) is 6. The maximum absolute atomic E-state index is 11.7. The highest BCUT2D eigenvalue weighted by atomic mass is 35.5. The fourth-order valence-corrected chi connectivity index (χ4v) is 2.44. The lowest BCUT2D eigenvalue weighted by Crippen LogP contribution is -2.44. The lowest BCUT2D eigenvalue weighted by atomic mass is 10.2. The molecule has 0 aliphatic heterocycles. The van der Waals surface area contributed by atoms with Crippen LogP contribution in [0.3, 0.4) is 0 Å². The van der Waals surface area contributed by atoms with Crippen LogP contribution in [0.4, 0.5) is 5.82 Å². The number of nitrogen functional groups attached to an aromatic ring is 1. The molecule has 11 heteroatoms. The van der Waals surface area contributed by atoms with Crippen LogP contribution in [-0.2, 0) is 21.4 Å². The number of sulfonamides is 1. The molecule has 1 rings (SSSR count). The lowest BCUT2D eigenvalue weighted by molar-refractivity contribution is -0.138. The van der Waals surface area contributed by atoms with Gasteiger partial charge in [-0.3, -0.25) is 4.79 Å². The molecule has 0 saturated heterocycles. The number of anilines is 1. The summed E-state index contributed by atoms with van der Waals surface area (Å²) in [7, 11) is -3.61. The molecule has 5 N–H and O–H groups in total. The first-order chi connectivity index (χ1) is 9.09. The molecule has 1 aromatic rings. The van der Waals surface area contributed by atoms with Gasteiger partial charge in [0.05, 0.1) is 18.5 Å². The molecule has 0 unspecified atom stereocenters. The van der Waals surface area contributed by atoms with Crippen molar-refractivity contribution < 1.29 is 18.3 Å². The molecule has 0 aliphatic carbocycles. The van der Waals surface area contributed by atoms with E-state index < -0.39 is 22.0 Å². The molecule has 0 radical (unpaired) electrons. The minimum atomic E-state index is -3.61. The third-order valence-corrected chi connectivity index (χ3v) is 3.78. The summed E-state index contributed by atoms with van der Waals surface area (Å²) in [6, 6.07) is 2.03. The van der Waals surface area contributed by atoms with Crippen molar-refractivity contribution in [3.05, 3.63) is 23.4 Å². The molecule has 1 aromatic heterocycles. The maximum Gasteiger partial charge on any atom is 0.321 e. The molecule has 8 nitrogen and oxygen atoms in total. The number of aromatic nitrogens is 1. The van der Waals surface area contributed by atoms with Crippen LogP contribution in [0.5, 0.6) is 0 Å². The first-order valence-electron chi connectivity index (χ1n) is 5.76. The van der Waals surface area contributed by atoms with Crippen LogP contribution in [0.1, 0.15) is 11.3 Å². The number of rotatable bonds is 6. The molecular weight excluding hydrogens is 355 g/mol. The number of pyridine rings is 1. The summed E-state index contributed by atoms with van der Waals surface area (Å²) in [5, 5.41) is 8.77. The number of carboxylic acids is 1. The quantitative estimate of drug-likeness (QED) is 0.635. The summed E-state index contributed by atoms with van der Waals surface area (Å²) in [5.74, 6) is -0.994. The molecule has 1 heterocycles. The van der Waals surface area contributed by atoms with Gasteiger partial charge >= 0.3 is 5.97 Å². The Kier molecular flexibility index (Phi) is 9.58. The summed E-state index contributed by atoms with van der Waals surface area (Å²) in [6.07, 6.45) is 0.987. The Morgan fingerprint density at radius 2 is 1.95 bits per heavy atom. The topological polar surface area (TPSA) is 140 Å². The van der Waals surface area contributed by atoms with Gasteiger partial charge in [0.2, 0.25) is 10.0 Å². The van der Waals surface area contributed by atoms with Gasteiger partial charge in [-0.25, -0.2) is 13.4 Å². The van der Waals surface area contributed by atoms with E-state index >= 15 is 0 Å². The highest BCUT2D eigenvalue weighted by Crippen LogP contribution is 2.11. The second-order valence-electron chi connectivity index (χ2n) is 4.56. The Morgan fingerprint density at radius 3 is 2.36 bits per heavy atom. The van der Waals surface area contributed by atoms with Gasteiger partial charge in [-0.2, -0.15) is 4.31 Å². The van der Waals surface area contributed by atoms with E-state index in [1.54, 1.807) is 19.1 Å². The van der Waals surface area contributed by atoms with Crippen molar-refractivity contribution >= 4 is 46.6 Å². The SMILES string of the molecule is Cc1cc(N)nc(CN(C[C@H](N)C(=O)O)S(C)(=O)=O)c1.Cl.Cl. The molecular formula is C11H20Cl2N4O4S. The van der Waals surface area contributed by atoms with E-state index in [2.05, 4.69) is 4.98 Å². The normalized spacial score (nSPS) is 12.2. The number of aryl methyl sites for hydroxylation is 1. The number of nitrogens with zero attached hydrogens (tertiary/aromatic N) is 2. The average Bonchev–Trinajstić information content (AvgIpc) is 2.25. The Labute approximate surface area is 141 Å². The molecule has 0 amide bonds. The fourth-order valence-electron chi connectivity index (χ4n) is 1.64. The van der Waals surface area contributed by atoms with Crippen molar-refractivity contribution in [2.75, 3.05) is 18.5 Å². The highest BCUT2D eigenvalue weighted by Gasteiger charge is 2.24. The van der Waals surface area contributed by atoms with Crippen molar-refractivity contribution in [2.45, 2.75) is 19.5 Å². The first-order valence-corrected chi connectivity index (χ1v) is 7.61. The van der Waals surface area contributed by atoms with Crippen LogP contribution >= 0.6 is 24.8 Å². The second kappa shape index (κ2) is 9.11. The number of hydrogen-bond donors (Lipinski definition) is 3. The molecule has 0 spiro atoms. The molecule has 0 aromatic carbocycles. The standard InChI is InChI=1S/C11H18N4O4S.2ClH/c1-7-3-8(14-10(13)4-7)5-15(20(2,18)19)6-9(12)11(16)17;;/h3-4,9H,5-6,12H2,1-2H3,(H2,13,14)(H,16,17);2*1H/t9-;;/m0../s1. The van der Waals surface area contributed by atoms with E-state index in [4.69, 9.17) is 16.6 Å². The van der Waals surface area contributed by atoms with Crippen molar-refractivity contribution in [1.82, 2.24) is 9.29 Å². The van der Waals surface area contributed by atoms with Crippen molar-refractivity contribution in [2.24, 2.45) is 5.73 Å². The van der Waals surface area contributed by atoms with Gasteiger partial charge in [0.15, 0.2) is 0 Å². The zero-order chi connectivity index (χ0) is 15.5. The van der Waals surface area contributed by atoms with Crippen molar-refractivity contribution in [3.63, 3.8) is 0 Å². The van der Waals surface area contributed by atoms with E-state index in [-0.39, 0.29) is 43.7 Å². The largest absolute Gasteiger partial charge is 0.480 e. The van der Waals surface area contributed by atoms with Crippen LogP contribution in [0.15, 0.2) is 12.1 Å². The molecule has 0 bridgehead atoms. The highest BCUT2D eigenvalue weighted by molar-refractivity contribution is 7.88. The average molecular weight is 375 g/mol. The summed E-state index contributed by atoms with van der Waals surface area (Å²) in [6.45, 7) is 1.39. The molecule has 22 heavy (non-hydrogen) atoms.